The van der Waals surface area contributed by atoms with Crippen LogP contribution in [0.25, 0.3) is 0 Å². The maximum atomic E-state index is 11.9. The molecule has 0 N–H and O–H groups in total. The van der Waals surface area contributed by atoms with Crippen LogP contribution in [0.15, 0.2) is 24.3 Å². The van der Waals surface area contributed by atoms with E-state index in [4.69, 9.17) is 4.74 Å². The number of nitrogens with zero attached hydrogens (tertiary/aromatic N) is 1. The number of ether oxygens (including phenoxy) is 1. The minimum Gasteiger partial charge on any atom is -0.465 e. The Hall–Kier alpha value is -1.84. The number of fused-ring (bicyclic) bond motifs is 1. The molecule has 1 aromatic carbocycles. The highest BCUT2D eigenvalue weighted by molar-refractivity contribution is 5.89. The zero-order valence-electron chi connectivity index (χ0n) is 11.7. The van der Waals surface area contributed by atoms with E-state index in [0.29, 0.717) is 30.0 Å². The van der Waals surface area contributed by atoms with Gasteiger partial charge in [-0.3, -0.25) is 4.79 Å². The number of methoxy groups -OCH3 is 1. The molecule has 4 nitrogen and oxygen atoms in total. The van der Waals surface area contributed by atoms with E-state index in [1.807, 2.05) is 18.2 Å². The van der Waals surface area contributed by atoms with Crippen LogP contribution < -0.4 is 0 Å². The summed E-state index contributed by atoms with van der Waals surface area (Å²) in [5.41, 5.74) is 1.67. The Labute approximate surface area is 118 Å². The largest absolute Gasteiger partial charge is 0.465 e. The number of carbonyl (C=O) groups is 2. The molecule has 1 aromatic rings. The molecular formula is C16H19NO3. The van der Waals surface area contributed by atoms with Gasteiger partial charge in [-0.25, -0.2) is 4.79 Å². The summed E-state index contributed by atoms with van der Waals surface area (Å²) in [5, 5.41) is 0. The minimum absolute atomic E-state index is 0.293. The van der Waals surface area contributed by atoms with Crippen molar-refractivity contribution in [2.24, 2.45) is 0 Å². The second-order valence-electron chi connectivity index (χ2n) is 5.62. The van der Waals surface area contributed by atoms with Crippen LogP contribution in [0.3, 0.4) is 0 Å². The Kier molecular flexibility index (Phi) is 3.47. The molecule has 20 heavy (non-hydrogen) atoms. The van der Waals surface area contributed by atoms with Gasteiger partial charge in [-0.2, -0.15) is 0 Å². The Morgan fingerprint density at radius 3 is 3.00 bits per heavy atom. The summed E-state index contributed by atoms with van der Waals surface area (Å²) in [5.74, 6) is -0.0185. The number of carbonyl (C=O) groups excluding carboxylic acids is 2. The highest BCUT2D eigenvalue weighted by Crippen LogP contribution is 2.34. The molecule has 2 aliphatic heterocycles. The van der Waals surface area contributed by atoms with E-state index in [2.05, 4.69) is 4.90 Å². The summed E-state index contributed by atoms with van der Waals surface area (Å²) < 4.78 is 4.74. The normalized spacial score (nSPS) is 24.9. The van der Waals surface area contributed by atoms with Crippen molar-refractivity contribution < 1.29 is 14.3 Å². The van der Waals surface area contributed by atoms with Gasteiger partial charge in [-0.15, -0.1) is 0 Å². The SMILES string of the molecule is COC(=O)c1cccc(C[C@H]2CC[C@@H]3CCC(=O)N32)c1. The van der Waals surface area contributed by atoms with Crippen molar-refractivity contribution >= 4 is 11.9 Å². The third kappa shape index (κ3) is 2.30. The Morgan fingerprint density at radius 2 is 2.20 bits per heavy atom. The van der Waals surface area contributed by atoms with Gasteiger partial charge in [0.1, 0.15) is 0 Å². The van der Waals surface area contributed by atoms with Gasteiger partial charge >= 0.3 is 5.97 Å². The van der Waals surface area contributed by atoms with Crippen LogP contribution in [-0.2, 0) is 16.0 Å². The molecule has 2 aliphatic rings. The molecule has 4 heteroatoms. The lowest BCUT2D eigenvalue weighted by Gasteiger charge is -2.24. The van der Waals surface area contributed by atoms with E-state index >= 15 is 0 Å². The molecule has 0 radical (unpaired) electrons. The molecule has 106 valence electrons. The maximum absolute atomic E-state index is 11.9. The lowest BCUT2D eigenvalue weighted by molar-refractivity contribution is -0.129. The topological polar surface area (TPSA) is 46.6 Å². The second kappa shape index (κ2) is 5.27. The molecule has 2 saturated heterocycles. The zero-order chi connectivity index (χ0) is 14.1. The minimum atomic E-state index is -0.312. The van der Waals surface area contributed by atoms with Crippen molar-refractivity contribution in [3.63, 3.8) is 0 Å². The van der Waals surface area contributed by atoms with E-state index in [1.165, 1.54) is 7.11 Å². The predicted molar refractivity (Wildman–Crippen MR) is 74.4 cm³/mol. The monoisotopic (exact) mass is 273 g/mol. The van der Waals surface area contributed by atoms with Gasteiger partial charge in [0.25, 0.3) is 0 Å². The molecular weight excluding hydrogens is 254 g/mol. The van der Waals surface area contributed by atoms with Crippen molar-refractivity contribution in [1.29, 1.82) is 0 Å². The third-order valence-electron chi connectivity index (χ3n) is 4.42. The van der Waals surface area contributed by atoms with Crippen molar-refractivity contribution in [2.75, 3.05) is 7.11 Å². The lowest BCUT2D eigenvalue weighted by atomic mass is 10.0. The van der Waals surface area contributed by atoms with Gasteiger partial charge in [0.2, 0.25) is 5.91 Å². The predicted octanol–water partition coefficient (Wildman–Crippen LogP) is 2.17. The number of esters is 1. The fraction of sp³-hybridized carbons (Fsp3) is 0.500. The molecule has 2 fully saturated rings. The van der Waals surface area contributed by atoms with Crippen molar-refractivity contribution in [3.05, 3.63) is 35.4 Å². The second-order valence-corrected chi connectivity index (χ2v) is 5.62. The summed E-state index contributed by atoms with van der Waals surface area (Å²) in [6.07, 6.45) is 4.72. The molecule has 0 spiro atoms. The van der Waals surface area contributed by atoms with E-state index in [9.17, 15) is 9.59 Å². The molecule has 0 aromatic heterocycles. The van der Waals surface area contributed by atoms with Gasteiger partial charge in [0.15, 0.2) is 0 Å². The summed E-state index contributed by atoms with van der Waals surface area (Å²) in [7, 11) is 1.39. The van der Waals surface area contributed by atoms with E-state index < -0.39 is 0 Å². The number of amides is 1. The smallest absolute Gasteiger partial charge is 0.337 e. The molecule has 0 unspecified atom stereocenters. The number of hydrogen-bond acceptors (Lipinski definition) is 3. The van der Waals surface area contributed by atoms with Crippen LogP contribution in [0.2, 0.25) is 0 Å². The van der Waals surface area contributed by atoms with Crippen LogP contribution in [-0.4, -0.2) is 36.0 Å². The van der Waals surface area contributed by atoms with Crippen LogP contribution in [0.1, 0.15) is 41.6 Å². The number of rotatable bonds is 3. The van der Waals surface area contributed by atoms with Crippen LogP contribution in [0, 0.1) is 0 Å². The van der Waals surface area contributed by atoms with E-state index in [0.717, 1.165) is 31.2 Å². The van der Waals surface area contributed by atoms with Crippen molar-refractivity contribution in [3.8, 4) is 0 Å². The average molecular weight is 273 g/mol. The van der Waals surface area contributed by atoms with E-state index in [-0.39, 0.29) is 5.97 Å². The maximum Gasteiger partial charge on any atom is 0.337 e. The van der Waals surface area contributed by atoms with Gasteiger partial charge < -0.3 is 9.64 Å². The Balaban J connectivity index is 1.75. The standard InChI is InChI=1S/C16H19NO3/c1-20-16(19)12-4-2-3-11(9-12)10-14-6-5-13-7-8-15(18)17(13)14/h2-4,9,13-14H,5-8,10H2,1H3/t13-,14-/m1/s1. The highest BCUT2D eigenvalue weighted by Gasteiger charge is 2.40. The van der Waals surface area contributed by atoms with E-state index in [1.54, 1.807) is 6.07 Å². The number of hydrogen-bond donors (Lipinski definition) is 0. The first-order valence-corrected chi connectivity index (χ1v) is 7.17. The summed E-state index contributed by atoms with van der Waals surface area (Å²) in [4.78, 5) is 25.6. The first-order chi connectivity index (χ1) is 9.69. The fourth-order valence-corrected chi connectivity index (χ4v) is 3.49. The molecule has 0 bridgehead atoms. The highest BCUT2D eigenvalue weighted by atomic mass is 16.5. The van der Waals surface area contributed by atoms with Gasteiger partial charge in [0, 0.05) is 18.5 Å². The molecule has 2 heterocycles. The van der Waals surface area contributed by atoms with Gasteiger partial charge in [0.05, 0.1) is 12.7 Å². The Morgan fingerprint density at radius 1 is 1.35 bits per heavy atom. The zero-order valence-corrected chi connectivity index (χ0v) is 11.7. The van der Waals surface area contributed by atoms with Crippen molar-refractivity contribution in [2.45, 2.75) is 44.2 Å². The van der Waals surface area contributed by atoms with Crippen LogP contribution in [0.5, 0.6) is 0 Å². The molecule has 1 amide bonds. The molecule has 2 atom stereocenters. The van der Waals surface area contributed by atoms with Gasteiger partial charge in [-0.1, -0.05) is 12.1 Å². The summed E-state index contributed by atoms with van der Waals surface area (Å²) in [6.45, 7) is 0. The van der Waals surface area contributed by atoms with Crippen molar-refractivity contribution in [1.82, 2.24) is 4.90 Å². The third-order valence-corrected chi connectivity index (χ3v) is 4.42. The summed E-state index contributed by atoms with van der Waals surface area (Å²) in [6, 6.07) is 8.27. The first-order valence-electron chi connectivity index (χ1n) is 7.17. The Bertz CT molecular complexity index is 540. The average Bonchev–Trinajstić information content (AvgIpc) is 3.03. The fourth-order valence-electron chi connectivity index (χ4n) is 3.49. The van der Waals surface area contributed by atoms with Gasteiger partial charge in [-0.05, 0) is 43.4 Å². The van der Waals surface area contributed by atoms with Crippen LogP contribution in [0.4, 0.5) is 0 Å². The molecule has 0 aliphatic carbocycles. The quantitative estimate of drug-likeness (QED) is 0.793. The molecule has 3 rings (SSSR count). The molecule has 0 saturated carbocycles. The lowest BCUT2D eigenvalue weighted by Crippen LogP contribution is -2.36. The summed E-state index contributed by atoms with van der Waals surface area (Å²) >= 11 is 0. The first kappa shape index (κ1) is 13.2. The van der Waals surface area contributed by atoms with Crippen LogP contribution >= 0.6 is 0 Å². The number of benzene rings is 1.